The van der Waals surface area contributed by atoms with Crippen LogP contribution in [0.4, 0.5) is 0 Å². The first-order valence-electron chi connectivity index (χ1n) is 2.12. The molecule has 0 rings (SSSR count). The molecule has 0 aromatic carbocycles. The molecule has 0 saturated carbocycles. The summed E-state index contributed by atoms with van der Waals surface area (Å²) in [6.07, 6.45) is -0.167. The molecule has 0 atom stereocenters. The van der Waals surface area contributed by atoms with Crippen LogP contribution in [0.15, 0.2) is 0 Å². The topological polar surface area (TPSA) is 47.9 Å². The maximum atomic E-state index is 8.06. The van der Waals surface area contributed by atoms with E-state index in [1.54, 1.807) is 20.9 Å². The van der Waals surface area contributed by atoms with E-state index in [1.165, 1.54) is 0 Å². The first-order chi connectivity index (χ1) is 2.73. The van der Waals surface area contributed by atoms with Gasteiger partial charge in [0.25, 0.3) is 0 Å². The van der Waals surface area contributed by atoms with E-state index in [9.17, 15) is 0 Å². The zero-order chi connectivity index (χ0) is 5.58. The Morgan fingerprint density at radius 2 is 1.29 bits per heavy atom. The van der Waals surface area contributed by atoms with Crippen molar-refractivity contribution < 1.29 is 34.8 Å². The number of hydrogen-bond acceptors (Lipinski definition) is 1. The Bertz CT molecular complexity index is 16.4. The van der Waals surface area contributed by atoms with E-state index >= 15 is 0 Å². The minimum absolute atomic E-state index is 0. The van der Waals surface area contributed by atoms with Crippen molar-refractivity contribution in [3.05, 3.63) is 0 Å². The van der Waals surface area contributed by atoms with Gasteiger partial charge < -0.3 is 34.8 Å². The molecule has 48 valence electrons. The average molecular weight is 219 g/mol. The van der Waals surface area contributed by atoms with Crippen LogP contribution in [0.2, 0.25) is 0 Å². The van der Waals surface area contributed by atoms with Crippen molar-refractivity contribution in [2.45, 2.75) is 20.0 Å². The first kappa shape index (κ1) is 15.6. The van der Waals surface area contributed by atoms with Gasteiger partial charge in [0.1, 0.15) is 0 Å². The van der Waals surface area contributed by atoms with E-state index in [2.05, 4.69) is 5.73 Å². The van der Waals surface area contributed by atoms with Gasteiger partial charge in [0, 0.05) is 6.10 Å². The van der Waals surface area contributed by atoms with Gasteiger partial charge in [-0.25, -0.2) is 0 Å². The van der Waals surface area contributed by atoms with E-state index in [1.807, 2.05) is 0 Å². The third-order valence-electron chi connectivity index (χ3n) is 0. The largest absolute Gasteiger partial charge is 1.00 e. The number of aliphatic hydroxyl groups is 1. The third-order valence-corrected chi connectivity index (χ3v) is 0. The second-order valence-electron chi connectivity index (χ2n) is 1.09. The lowest BCUT2D eigenvalue weighted by Crippen LogP contribution is -3.00. The summed E-state index contributed by atoms with van der Waals surface area (Å²) in [7, 11) is 1.75. The summed E-state index contributed by atoms with van der Waals surface area (Å²) in [5, 5.41) is 8.06. The van der Waals surface area contributed by atoms with Gasteiger partial charge in [-0.05, 0) is 13.8 Å². The van der Waals surface area contributed by atoms with Crippen molar-refractivity contribution in [1.82, 2.24) is 0 Å². The van der Waals surface area contributed by atoms with Crippen LogP contribution in [0.25, 0.3) is 0 Å². The summed E-state index contributed by atoms with van der Waals surface area (Å²) in [5.74, 6) is 0. The molecule has 0 aliphatic heterocycles. The average Bonchev–Trinajstić information content (AvgIpc) is 1.41. The fourth-order valence-electron chi connectivity index (χ4n) is 0. The SMILES string of the molecule is CC(C)O.C[NH3+].[I-]. The van der Waals surface area contributed by atoms with Gasteiger partial charge in [0.2, 0.25) is 0 Å². The van der Waals surface area contributed by atoms with E-state index in [0.717, 1.165) is 0 Å². The Morgan fingerprint density at radius 1 is 1.29 bits per heavy atom. The summed E-state index contributed by atoms with van der Waals surface area (Å²) >= 11 is 0. The van der Waals surface area contributed by atoms with Crippen molar-refractivity contribution in [2.24, 2.45) is 0 Å². The lowest BCUT2D eigenvalue weighted by atomic mass is 10.5. The molecule has 0 aliphatic rings. The normalized spacial score (nSPS) is 6.00. The molecule has 0 aliphatic carbocycles. The van der Waals surface area contributed by atoms with Crippen LogP contribution in [0.1, 0.15) is 13.8 Å². The maximum absolute atomic E-state index is 8.06. The molecule has 0 amide bonds. The molecule has 0 bridgehead atoms. The molecule has 2 nitrogen and oxygen atoms in total. The van der Waals surface area contributed by atoms with Crippen LogP contribution in [0.3, 0.4) is 0 Å². The van der Waals surface area contributed by atoms with Crippen molar-refractivity contribution in [3.8, 4) is 0 Å². The predicted octanol–water partition coefficient (Wildman–Crippen LogP) is -3.75. The predicted molar refractivity (Wildman–Crippen MR) is 26.2 cm³/mol. The minimum atomic E-state index is -0.167. The Hall–Kier alpha value is 0.650. The Balaban J connectivity index is -0.0000000480. The van der Waals surface area contributed by atoms with E-state index in [-0.39, 0.29) is 30.1 Å². The first-order valence-corrected chi connectivity index (χ1v) is 2.12. The van der Waals surface area contributed by atoms with Crippen molar-refractivity contribution in [2.75, 3.05) is 7.05 Å². The van der Waals surface area contributed by atoms with Crippen LogP contribution >= 0.6 is 0 Å². The van der Waals surface area contributed by atoms with Gasteiger partial charge in [-0.2, -0.15) is 0 Å². The quantitative estimate of drug-likeness (QED) is 0.404. The fraction of sp³-hybridized carbons (Fsp3) is 1.00. The molecule has 4 N–H and O–H groups in total. The fourth-order valence-corrected chi connectivity index (χ4v) is 0. The molecule has 0 unspecified atom stereocenters. The summed E-state index contributed by atoms with van der Waals surface area (Å²) in [4.78, 5) is 0. The van der Waals surface area contributed by atoms with Crippen LogP contribution in [0, 0.1) is 0 Å². The van der Waals surface area contributed by atoms with E-state index < -0.39 is 0 Å². The zero-order valence-electron chi connectivity index (χ0n) is 5.11. The minimum Gasteiger partial charge on any atom is -1.00 e. The second-order valence-corrected chi connectivity index (χ2v) is 1.09. The van der Waals surface area contributed by atoms with E-state index in [4.69, 9.17) is 5.11 Å². The molecule has 0 aromatic heterocycles. The molecule has 0 saturated heterocycles. The maximum Gasteiger partial charge on any atom is 0.0634 e. The Morgan fingerprint density at radius 3 is 1.29 bits per heavy atom. The highest BCUT2D eigenvalue weighted by Gasteiger charge is 1.69. The number of halogens is 1. The van der Waals surface area contributed by atoms with Gasteiger partial charge in [0.15, 0.2) is 0 Å². The monoisotopic (exact) mass is 219 g/mol. The Kier molecular flexibility index (Phi) is 35.6. The van der Waals surface area contributed by atoms with Gasteiger partial charge in [-0.15, -0.1) is 0 Å². The van der Waals surface area contributed by atoms with Gasteiger partial charge in [-0.1, -0.05) is 0 Å². The molecule has 7 heavy (non-hydrogen) atoms. The molecule has 0 heterocycles. The summed E-state index contributed by atoms with van der Waals surface area (Å²) in [6.45, 7) is 3.44. The van der Waals surface area contributed by atoms with Crippen molar-refractivity contribution >= 4 is 0 Å². The molecule has 0 fully saturated rings. The smallest absolute Gasteiger partial charge is 0.0634 e. The van der Waals surface area contributed by atoms with Gasteiger partial charge in [0.05, 0.1) is 7.05 Å². The highest BCUT2D eigenvalue weighted by Crippen LogP contribution is 1.65. The molecule has 0 radical (unpaired) electrons. The molecular weight excluding hydrogens is 205 g/mol. The second kappa shape index (κ2) is 15.9. The summed E-state index contributed by atoms with van der Waals surface area (Å²) < 4.78 is 0. The van der Waals surface area contributed by atoms with Crippen molar-refractivity contribution in [1.29, 1.82) is 0 Å². The molecule has 0 spiro atoms. The summed E-state index contributed by atoms with van der Waals surface area (Å²) in [6, 6.07) is 0. The highest BCUT2D eigenvalue weighted by atomic mass is 127. The van der Waals surface area contributed by atoms with Crippen LogP contribution in [-0.2, 0) is 0 Å². The van der Waals surface area contributed by atoms with Crippen LogP contribution < -0.4 is 29.7 Å². The number of rotatable bonds is 0. The highest BCUT2D eigenvalue weighted by molar-refractivity contribution is 4.20. The lowest BCUT2D eigenvalue weighted by Gasteiger charge is -1.80. The summed E-state index contributed by atoms with van der Waals surface area (Å²) in [5.41, 5.74) is 3.25. The third kappa shape index (κ3) is 340. The lowest BCUT2D eigenvalue weighted by molar-refractivity contribution is -0.325. The Labute approximate surface area is 62.1 Å². The molecular formula is C4H14INO. The van der Waals surface area contributed by atoms with Crippen LogP contribution in [0.5, 0.6) is 0 Å². The zero-order valence-corrected chi connectivity index (χ0v) is 7.27. The van der Waals surface area contributed by atoms with Gasteiger partial charge >= 0.3 is 0 Å². The van der Waals surface area contributed by atoms with Gasteiger partial charge in [-0.3, -0.25) is 0 Å². The number of aliphatic hydroxyl groups excluding tert-OH is 1. The standard InChI is InChI=1S/C3H8O.CH5N.HI/c1-3(2)4;1-2;/h3-4H,1-2H3;2H2,1H3;1H. The number of quaternary nitrogens is 1. The van der Waals surface area contributed by atoms with E-state index in [0.29, 0.717) is 0 Å². The van der Waals surface area contributed by atoms with Crippen LogP contribution in [-0.4, -0.2) is 18.3 Å². The molecule has 3 heteroatoms. The van der Waals surface area contributed by atoms with Crippen molar-refractivity contribution in [3.63, 3.8) is 0 Å². The number of hydrogen-bond donors (Lipinski definition) is 2. The molecule has 0 aromatic rings.